The number of aromatic nitrogens is 1. The molecule has 0 spiro atoms. The van der Waals surface area contributed by atoms with E-state index in [1.807, 2.05) is 40.7 Å². The van der Waals surface area contributed by atoms with Crippen LogP contribution in [0.5, 0.6) is 5.75 Å². The molecule has 2 aliphatic rings. The second kappa shape index (κ2) is 7.39. The molecule has 7 nitrogen and oxygen atoms in total. The van der Waals surface area contributed by atoms with E-state index in [1.165, 1.54) is 5.56 Å². The van der Waals surface area contributed by atoms with E-state index in [0.29, 0.717) is 19.6 Å². The van der Waals surface area contributed by atoms with Crippen molar-refractivity contribution in [2.24, 2.45) is 0 Å². The maximum atomic E-state index is 12.5. The molecule has 0 saturated carbocycles. The Balaban J connectivity index is 1.59. The van der Waals surface area contributed by atoms with E-state index in [1.54, 1.807) is 11.3 Å². The van der Waals surface area contributed by atoms with Gasteiger partial charge in [0.2, 0.25) is 0 Å². The van der Waals surface area contributed by atoms with Crippen LogP contribution >= 0.6 is 11.3 Å². The van der Waals surface area contributed by atoms with E-state index in [2.05, 4.69) is 26.9 Å². The SMILES string of the molecule is CC(C)(C)OC(=O)N[C@]1([Si])COC(C)(C)C[C@@H]1Nc1nc2c3c(ccc2s1)OCC3. The zero-order chi connectivity index (χ0) is 21.7. The molecule has 2 aliphatic heterocycles. The van der Waals surface area contributed by atoms with Crippen LogP contribution in [-0.4, -0.2) is 56.9 Å². The minimum absolute atomic E-state index is 0.157. The number of nitrogens with one attached hydrogen (secondary N) is 2. The van der Waals surface area contributed by atoms with Crippen LogP contribution in [0.4, 0.5) is 9.93 Å². The first-order valence-corrected chi connectivity index (χ1v) is 11.5. The fourth-order valence-corrected chi connectivity index (χ4v) is 5.09. The molecule has 1 aromatic heterocycles. The highest BCUT2D eigenvalue weighted by Gasteiger charge is 2.46. The third-order valence-corrected chi connectivity index (χ3v) is 6.80. The third kappa shape index (κ3) is 4.43. The highest BCUT2D eigenvalue weighted by Crippen LogP contribution is 2.38. The Kier molecular flexibility index (Phi) is 5.27. The van der Waals surface area contributed by atoms with Gasteiger partial charge >= 0.3 is 6.09 Å². The van der Waals surface area contributed by atoms with Crippen molar-refractivity contribution < 1.29 is 19.0 Å². The van der Waals surface area contributed by atoms with Gasteiger partial charge in [0.1, 0.15) is 11.4 Å². The zero-order valence-corrected chi connectivity index (χ0v) is 19.9. The lowest BCUT2D eigenvalue weighted by Crippen LogP contribution is -2.68. The molecule has 2 atom stereocenters. The Hall–Kier alpha value is -1.84. The molecular weight excluding hydrogens is 418 g/mol. The quantitative estimate of drug-likeness (QED) is 0.701. The first-order chi connectivity index (χ1) is 13.9. The van der Waals surface area contributed by atoms with Crippen LogP contribution < -0.4 is 15.4 Å². The number of hydrogen-bond donors (Lipinski definition) is 2. The molecule has 1 saturated heterocycles. The van der Waals surface area contributed by atoms with E-state index in [0.717, 1.165) is 27.5 Å². The topological polar surface area (TPSA) is 81.7 Å². The van der Waals surface area contributed by atoms with Crippen LogP contribution in [0.25, 0.3) is 10.2 Å². The molecule has 2 N–H and O–H groups in total. The molecular formula is C21H28N3O4SSi. The summed E-state index contributed by atoms with van der Waals surface area (Å²) >= 11 is 1.60. The molecule has 1 aromatic carbocycles. The maximum Gasteiger partial charge on any atom is 0.407 e. The predicted molar refractivity (Wildman–Crippen MR) is 119 cm³/mol. The second-order valence-corrected chi connectivity index (χ2v) is 11.5. The lowest BCUT2D eigenvalue weighted by molar-refractivity contribution is -0.0803. The monoisotopic (exact) mass is 446 g/mol. The first-order valence-electron chi connectivity index (χ1n) is 10.2. The lowest BCUT2D eigenvalue weighted by atomic mass is 9.90. The number of anilines is 1. The van der Waals surface area contributed by atoms with Gasteiger partial charge in [0.25, 0.3) is 0 Å². The minimum Gasteiger partial charge on any atom is -0.493 e. The number of rotatable bonds is 3. The van der Waals surface area contributed by atoms with E-state index in [9.17, 15) is 4.79 Å². The molecule has 2 aromatic rings. The summed E-state index contributed by atoms with van der Waals surface area (Å²) in [6.45, 7) is 10.6. The van der Waals surface area contributed by atoms with Crippen molar-refractivity contribution in [3.8, 4) is 5.75 Å². The van der Waals surface area contributed by atoms with Gasteiger partial charge in [-0.3, -0.25) is 0 Å². The van der Waals surface area contributed by atoms with Gasteiger partial charge in [0.05, 0.1) is 50.5 Å². The predicted octanol–water partition coefficient (Wildman–Crippen LogP) is 3.60. The Labute approximate surface area is 184 Å². The highest BCUT2D eigenvalue weighted by molar-refractivity contribution is 7.22. The van der Waals surface area contributed by atoms with Crippen molar-refractivity contribution in [3.05, 3.63) is 17.7 Å². The van der Waals surface area contributed by atoms with Crippen LogP contribution in [0, 0.1) is 0 Å². The van der Waals surface area contributed by atoms with Crippen molar-refractivity contribution in [1.82, 2.24) is 10.3 Å². The third-order valence-electron chi connectivity index (χ3n) is 5.24. The maximum absolute atomic E-state index is 12.5. The second-order valence-electron chi connectivity index (χ2n) is 9.55. The summed E-state index contributed by atoms with van der Waals surface area (Å²) in [6, 6.07) is 3.91. The van der Waals surface area contributed by atoms with Crippen molar-refractivity contribution in [2.75, 3.05) is 18.5 Å². The van der Waals surface area contributed by atoms with E-state index in [4.69, 9.17) is 19.2 Å². The first kappa shape index (κ1) is 21.4. The fraction of sp³-hybridized carbons (Fsp3) is 0.619. The van der Waals surface area contributed by atoms with E-state index < -0.39 is 16.9 Å². The number of carbonyl (C=O) groups excluding carboxylic acids is 1. The largest absolute Gasteiger partial charge is 0.493 e. The standard InChI is InChI=1S/C21H28N3O4SSi/c1-19(2,3)28-18(25)24-21(30)11-27-20(4,5)10-15(21)22-17-23-16-12-8-9-26-13(12)6-7-14(16)29-17/h6-7,15H,8-11H2,1-5H3,(H,22,23)(H,24,25)/t15-,21-/m0/s1. The summed E-state index contributed by atoms with van der Waals surface area (Å²) in [6.07, 6.45) is 1.05. The van der Waals surface area contributed by atoms with Crippen LogP contribution in [0.2, 0.25) is 0 Å². The molecule has 161 valence electrons. The summed E-state index contributed by atoms with van der Waals surface area (Å²) in [5.41, 5.74) is 1.24. The van der Waals surface area contributed by atoms with Gasteiger partial charge in [0.15, 0.2) is 5.13 Å². The van der Waals surface area contributed by atoms with Gasteiger partial charge in [0, 0.05) is 12.0 Å². The summed E-state index contributed by atoms with van der Waals surface area (Å²) in [5.74, 6) is 0.924. The molecule has 4 rings (SSSR count). The van der Waals surface area contributed by atoms with Crippen molar-refractivity contribution in [3.63, 3.8) is 0 Å². The molecule has 1 fully saturated rings. The molecule has 1 amide bonds. The molecule has 3 heterocycles. The average molecular weight is 447 g/mol. The highest BCUT2D eigenvalue weighted by atomic mass is 32.1. The Morgan fingerprint density at radius 2 is 2.13 bits per heavy atom. The number of carbonyl (C=O) groups is 1. The molecule has 0 aliphatic carbocycles. The number of ether oxygens (including phenoxy) is 3. The van der Waals surface area contributed by atoms with Gasteiger partial charge in [-0.25, -0.2) is 9.78 Å². The van der Waals surface area contributed by atoms with Crippen LogP contribution in [0.1, 0.15) is 46.6 Å². The Bertz CT molecular complexity index is 971. The van der Waals surface area contributed by atoms with Gasteiger partial charge in [-0.1, -0.05) is 11.3 Å². The normalized spacial score (nSPS) is 25.5. The smallest absolute Gasteiger partial charge is 0.407 e. The number of thiazole rings is 1. The van der Waals surface area contributed by atoms with E-state index >= 15 is 0 Å². The summed E-state index contributed by atoms with van der Waals surface area (Å²) in [7, 11) is 3.80. The molecule has 9 heteroatoms. The van der Waals surface area contributed by atoms with Crippen LogP contribution in [0.15, 0.2) is 12.1 Å². The van der Waals surface area contributed by atoms with Crippen LogP contribution in [0.3, 0.4) is 0 Å². The van der Waals surface area contributed by atoms with Gasteiger partial charge < -0.3 is 24.8 Å². The summed E-state index contributed by atoms with van der Waals surface area (Å²) < 4.78 is 18.3. The molecule has 0 bridgehead atoms. The summed E-state index contributed by atoms with van der Waals surface area (Å²) in [4.78, 5) is 17.3. The number of amides is 1. The van der Waals surface area contributed by atoms with Gasteiger partial charge in [-0.05, 0) is 53.2 Å². The van der Waals surface area contributed by atoms with Gasteiger partial charge in [-0.15, -0.1) is 0 Å². The number of nitrogens with zero attached hydrogens (tertiary/aromatic N) is 1. The summed E-state index contributed by atoms with van der Waals surface area (Å²) in [5, 5.41) is 6.48. The Morgan fingerprint density at radius 1 is 1.37 bits per heavy atom. The number of benzene rings is 1. The van der Waals surface area contributed by atoms with Crippen molar-refractivity contribution >= 4 is 43.0 Å². The van der Waals surface area contributed by atoms with Crippen LogP contribution in [-0.2, 0) is 15.9 Å². The zero-order valence-electron chi connectivity index (χ0n) is 18.0. The fourth-order valence-electron chi connectivity index (χ4n) is 3.80. The van der Waals surface area contributed by atoms with E-state index in [-0.39, 0.29) is 11.6 Å². The number of fused-ring (bicyclic) bond motifs is 3. The minimum atomic E-state index is -0.833. The van der Waals surface area contributed by atoms with Gasteiger partial charge in [-0.2, -0.15) is 0 Å². The van der Waals surface area contributed by atoms with Crippen molar-refractivity contribution in [1.29, 1.82) is 0 Å². The lowest BCUT2D eigenvalue weighted by Gasteiger charge is -2.48. The van der Waals surface area contributed by atoms with Crippen molar-refractivity contribution in [2.45, 2.75) is 69.9 Å². The number of alkyl carbamates (subject to hydrolysis) is 1. The molecule has 0 unspecified atom stereocenters. The molecule has 30 heavy (non-hydrogen) atoms. The Morgan fingerprint density at radius 3 is 2.87 bits per heavy atom. The average Bonchev–Trinajstić information content (AvgIpc) is 3.22. The molecule has 3 radical (unpaired) electrons. The number of hydrogen-bond acceptors (Lipinski definition) is 7.